The molecule has 0 aliphatic carbocycles. The summed E-state index contributed by atoms with van der Waals surface area (Å²) in [6.07, 6.45) is 7.07. The summed E-state index contributed by atoms with van der Waals surface area (Å²) in [6.45, 7) is 6.39. The zero-order valence-corrected chi connectivity index (χ0v) is 18.6. The third-order valence-corrected chi connectivity index (χ3v) is 5.92. The average Bonchev–Trinajstić information content (AvgIpc) is 3.04. The summed E-state index contributed by atoms with van der Waals surface area (Å²) < 4.78 is 0. The van der Waals surface area contributed by atoms with Crippen molar-refractivity contribution in [1.82, 2.24) is 20.6 Å². The molecule has 158 valence electrons. The fraction of sp³-hybridized carbons (Fsp3) is 0.571. The smallest absolute Gasteiger partial charge is 0.191 e. The number of anilines is 2. The lowest BCUT2D eigenvalue weighted by Gasteiger charge is -2.21. The predicted octanol–water partition coefficient (Wildman–Crippen LogP) is 3.24. The van der Waals surface area contributed by atoms with E-state index in [1.165, 1.54) is 31.2 Å². The van der Waals surface area contributed by atoms with Gasteiger partial charge in [0.2, 0.25) is 0 Å². The van der Waals surface area contributed by atoms with E-state index in [1.807, 2.05) is 25.2 Å². The molecule has 0 bridgehead atoms. The molecule has 1 fully saturated rings. The van der Waals surface area contributed by atoms with E-state index in [0.717, 1.165) is 42.2 Å². The van der Waals surface area contributed by atoms with Crippen LogP contribution in [0.3, 0.4) is 0 Å². The Morgan fingerprint density at radius 2 is 2.00 bits per heavy atom. The summed E-state index contributed by atoms with van der Waals surface area (Å²) in [7, 11) is 4.02. The number of aromatic nitrogens is 2. The minimum absolute atomic E-state index is 0.624. The predicted molar refractivity (Wildman–Crippen MR) is 123 cm³/mol. The highest BCUT2D eigenvalue weighted by Crippen LogP contribution is 2.19. The first-order valence-corrected chi connectivity index (χ1v) is 11.4. The Hall–Kier alpha value is -2.35. The number of pyridine rings is 1. The molecule has 2 aromatic heterocycles. The molecule has 1 saturated heterocycles. The van der Waals surface area contributed by atoms with Crippen LogP contribution >= 0.6 is 11.3 Å². The number of thiazole rings is 1. The highest BCUT2D eigenvalue weighted by Gasteiger charge is 2.11. The standard InChI is InChI=1S/C21H33N7S/c1-4-22-20(25-15-18-16-29-21(26-18)27(2)3)24-14-17-9-10-23-19(13-17)28-11-7-5-6-8-12-28/h9-10,13,16H,4-8,11-12,14-15H2,1-3H3,(H2,22,24,25). The number of hydrogen-bond acceptors (Lipinski definition) is 6. The first-order valence-electron chi connectivity index (χ1n) is 10.5. The van der Waals surface area contributed by atoms with Crippen LogP contribution in [0.25, 0.3) is 0 Å². The number of guanidine groups is 1. The molecule has 0 spiro atoms. The van der Waals surface area contributed by atoms with Crippen molar-refractivity contribution in [3.63, 3.8) is 0 Å². The number of nitrogens with zero attached hydrogens (tertiary/aromatic N) is 5. The van der Waals surface area contributed by atoms with Gasteiger partial charge in [-0.2, -0.15) is 0 Å². The molecule has 29 heavy (non-hydrogen) atoms. The summed E-state index contributed by atoms with van der Waals surface area (Å²) in [4.78, 5) is 18.4. The van der Waals surface area contributed by atoms with Crippen LogP contribution in [0, 0.1) is 0 Å². The van der Waals surface area contributed by atoms with Gasteiger partial charge in [0.05, 0.1) is 18.8 Å². The molecule has 0 saturated carbocycles. The van der Waals surface area contributed by atoms with Crippen molar-refractivity contribution in [3.8, 4) is 0 Å². The number of rotatable bonds is 7. The quantitative estimate of drug-likeness (QED) is 0.534. The molecule has 2 N–H and O–H groups in total. The Morgan fingerprint density at radius 1 is 1.21 bits per heavy atom. The Morgan fingerprint density at radius 3 is 2.69 bits per heavy atom. The van der Waals surface area contributed by atoms with E-state index in [-0.39, 0.29) is 0 Å². The molecule has 0 radical (unpaired) electrons. The fourth-order valence-electron chi connectivity index (χ4n) is 3.30. The lowest BCUT2D eigenvalue weighted by atomic mass is 10.2. The van der Waals surface area contributed by atoms with Crippen molar-refractivity contribution < 1.29 is 0 Å². The molecule has 3 rings (SSSR count). The second-order valence-electron chi connectivity index (χ2n) is 7.49. The van der Waals surface area contributed by atoms with E-state index >= 15 is 0 Å². The van der Waals surface area contributed by atoms with Crippen LogP contribution in [0.15, 0.2) is 28.7 Å². The van der Waals surface area contributed by atoms with E-state index in [0.29, 0.717) is 13.1 Å². The van der Waals surface area contributed by atoms with Crippen LogP contribution in [-0.4, -0.2) is 49.7 Å². The molecule has 2 aromatic rings. The van der Waals surface area contributed by atoms with E-state index in [9.17, 15) is 0 Å². The SMILES string of the molecule is CCNC(=NCc1ccnc(N2CCCCCC2)c1)NCc1csc(N(C)C)n1. The Balaban J connectivity index is 1.60. The molecular formula is C21H33N7S. The maximum absolute atomic E-state index is 4.76. The molecule has 7 nitrogen and oxygen atoms in total. The Kier molecular flexibility index (Phi) is 8.10. The first kappa shape index (κ1) is 21.4. The van der Waals surface area contributed by atoms with Gasteiger partial charge in [-0.25, -0.2) is 15.0 Å². The average molecular weight is 416 g/mol. The number of aliphatic imine (C=N–C) groups is 1. The van der Waals surface area contributed by atoms with Crippen molar-refractivity contribution >= 4 is 28.2 Å². The van der Waals surface area contributed by atoms with Gasteiger partial charge in [-0.15, -0.1) is 11.3 Å². The van der Waals surface area contributed by atoms with Crippen molar-refractivity contribution in [3.05, 3.63) is 35.0 Å². The van der Waals surface area contributed by atoms with E-state index in [4.69, 9.17) is 4.99 Å². The molecule has 0 aromatic carbocycles. The normalized spacial score (nSPS) is 15.1. The second-order valence-corrected chi connectivity index (χ2v) is 8.32. The van der Waals surface area contributed by atoms with Crippen LogP contribution in [-0.2, 0) is 13.1 Å². The van der Waals surface area contributed by atoms with Gasteiger partial charge in [0, 0.05) is 45.3 Å². The first-order chi connectivity index (χ1) is 14.2. The van der Waals surface area contributed by atoms with Crippen LogP contribution in [0.4, 0.5) is 10.9 Å². The van der Waals surface area contributed by atoms with Gasteiger partial charge >= 0.3 is 0 Å². The van der Waals surface area contributed by atoms with Gasteiger partial charge < -0.3 is 20.4 Å². The number of nitrogens with one attached hydrogen (secondary N) is 2. The van der Waals surface area contributed by atoms with Crippen LogP contribution in [0.1, 0.15) is 43.9 Å². The fourth-order valence-corrected chi connectivity index (χ4v) is 4.06. The van der Waals surface area contributed by atoms with Gasteiger partial charge in [0.25, 0.3) is 0 Å². The van der Waals surface area contributed by atoms with Gasteiger partial charge in [-0.1, -0.05) is 12.8 Å². The summed E-state index contributed by atoms with van der Waals surface area (Å²) >= 11 is 1.65. The molecule has 0 amide bonds. The lowest BCUT2D eigenvalue weighted by Crippen LogP contribution is -2.36. The monoisotopic (exact) mass is 415 g/mol. The van der Waals surface area contributed by atoms with Gasteiger partial charge in [0.15, 0.2) is 11.1 Å². The third-order valence-electron chi connectivity index (χ3n) is 4.86. The molecular weight excluding hydrogens is 382 g/mol. The van der Waals surface area contributed by atoms with Crippen molar-refractivity contribution in [2.24, 2.45) is 4.99 Å². The van der Waals surface area contributed by atoms with Crippen LogP contribution < -0.4 is 20.4 Å². The highest BCUT2D eigenvalue weighted by molar-refractivity contribution is 7.13. The van der Waals surface area contributed by atoms with Crippen molar-refractivity contribution in [2.45, 2.75) is 45.7 Å². The highest BCUT2D eigenvalue weighted by atomic mass is 32.1. The van der Waals surface area contributed by atoms with E-state index < -0.39 is 0 Å². The largest absolute Gasteiger partial charge is 0.357 e. The summed E-state index contributed by atoms with van der Waals surface area (Å²) in [5.41, 5.74) is 2.21. The molecule has 8 heteroatoms. The maximum Gasteiger partial charge on any atom is 0.191 e. The molecule has 1 aliphatic heterocycles. The van der Waals surface area contributed by atoms with Crippen LogP contribution in [0.5, 0.6) is 0 Å². The van der Waals surface area contributed by atoms with E-state index in [1.54, 1.807) is 11.3 Å². The minimum atomic E-state index is 0.624. The van der Waals surface area contributed by atoms with Gasteiger partial charge in [-0.3, -0.25) is 0 Å². The topological polar surface area (TPSA) is 68.7 Å². The summed E-state index contributed by atoms with van der Waals surface area (Å²) in [6, 6.07) is 4.24. The maximum atomic E-state index is 4.76. The van der Waals surface area contributed by atoms with Crippen LogP contribution in [0.2, 0.25) is 0 Å². The third kappa shape index (κ3) is 6.59. The molecule has 3 heterocycles. The lowest BCUT2D eigenvalue weighted by molar-refractivity contribution is 0.726. The summed E-state index contributed by atoms with van der Waals surface area (Å²) in [5.74, 6) is 1.89. The van der Waals surface area contributed by atoms with Gasteiger partial charge in [0.1, 0.15) is 5.82 Å². The molecule has 0 atom stereocenters. The van der Waals surface area contributed by atoms with E-state index in [2.05, 4.69) is 49.9 Å². The minimum Gasteiger partial charge on any atom is -0.357 e. The Bertz CT molecular complexity index is 779. The summed E-state index contributed by atoms with van der Waals surface area (Å²) in [5, 5.41) is 9.80. The Labute approximate surface area is 178 Å². The van der Waals surface area contributed by atoms with Gasteiger partial charge in [-0.05, 0) is 37.5 Å². The van der Waals surface area contributed by atoms with Crippen molar-refractivity contribution in [2.75, 3.05) is 43.5 Å². The van der Waals surface area contributed by atoms with Crippen molar-refractivity contribution in [1.29, 1.82) is 0 Å². The second kappa shape index (κ2) is 11.0. The zero-order chi connectivity index (χ0) is 20.5. The molecule has 1 aliphatic rings. The zero-order valence-electron chi connectivity index (χ0n) is 17.8. The number of hydrogen-bond donors (Lipinski definition) is 2. The molecule has 0 unspecified atom stereocenters.